The minimum absolute atomic E-state index is 0.110. The van der Waals surface area contributed by atoms with Gasteiger partial charge in [-0.25, -0.2) is 0 Å². The molecule has 1 heterocycles. The SMILES string of the molecule is OC1CCCCN1C1CC1. The Labute approximate surface area is 61.8 Å². The number of aliphatic hydroxyl groups excluding tert-OH is 1. The molecule has 2 fully saturated rings. The average Bonchev–Trinajstić information content (AvgIpc) is 2.71. The zero-order valence-electron chi connectivity index (χ0n) is 6.29. The quantitative estimate of drug-likeness (QED) is 0.587. The Morgan fingerprint density at radius 1 is 1.10 bits per heavy atom. The van der Waals surface area contributed by atoms with E-state index < -0.39 is 0 Å². The molecule has 2 heteroatoms. The summed E-state index contributed by atoms with van der Waals surface area (Å²) in [5, 5.41) is 9.51. The molecule has 0 spiro atoms. The third-order valence-electron chi connectivity index (χ3n) is 2.53. The van der Waals surface area contributed by atoms with Crippen molar-refractivity contribution in [3.8, 4) is 0 Å². The Morgan fingerprint density at radius 3 is 2.50 bits per heavy atom. The van der Waals surface area contributed by atoms with Crippen LogP contribution in [0.3, 0.4) is 0 Å². The highest BCUT2D eigenvalue weighted by atomic mass is 16.3. The number of aliphatic hydroxyl groups is 1. The van der Waals surface area contributed by atoms with Gasteiger partial charge in [-0.1, -0.05) is 0 Å². The van der Waals surface area contributed by atoms with E-state index >= 15 is 0 Å². The van der Waals surface area contributed by atoms with E-state index in [0.717, 1.165) is 19.0 Å². The van der Waals surface area contributed by atoms with Crippen molar-refractivity contribution in [1.29, 1.82) is 0 Å². The van der Waals surface area contributed by atoms with Crippen LogP contribution in [0.15, 0.2) is 0 Å². The molecule has 2 nitrogen and oxygen atoms in total. The Morgan fingerprint density at radius 2 is 1.90 bits per heavy atom. The van der Waals surface area contributed by atoms with Crippen LogP contribution in [0.25, 0.3) is 0 Å². The Hall–Kier alpha value is -0.0800. The van der Waals surface area contributed by atoms with Gasteiger partial charge in [0.2, 0.25) is 0 Å². The molecule has 58 valence electrons. The summed E-state index contributed by atoms with van der Waals surface area (Å²) in [7, 11) is 0. The summed E-state index contributed by atoms with van der Waals surface area (Å²) >= 11 is 0. The fourth-order valence-electron chi connectivity index (χ4n) is 1.77. The summed E-state index contributed by atoms with van der Waals surface area (Å²) in [5.41, 5.74) is 0. The maximum absolute atomic E-state index is 9.51. The van der Waals surface area contributed by atoms with Crippen molar-refractivity contribution in [2.45, 2.75) is 44.4 Å². The van der Waals surface area contributed by atoms with E-state index in [4.69, 9.17) is 0 Å². The normalized spacial score (nSPS) is 36.3. The molecule has 0 radical (unpaired) electrons. The first-order valence-electron chi connectivity index (χ1n) is 4.32. The molecule has 1 atom stereocenters. The molecule has 0 aromatic carbocycles. The molecule has 1 saturated heterocycles. The van der Waals surface area contributed by atoms with Crippen LogP contribution in [-0.2, 0) is 0 Å². The molecular formula is C8H15NO. The number of piperidine rings is 1. The van der Waals surface area contributed by atoms with Crippen LogP contribution >= 0.6 is 0 Å². The topological polar surface area (TPSA) is 23.5 Å². The van der Waals surface area contributed by atoms with E-state index in [1.165, 1.54) is 25.7 Å². The maximum Gasteiger partial charge on any atom is 0.107 e. The summed E-state index contributed by atoms with van der Waals surface area (Å²) in [6.07, 6.45) is 6.02. The Kier molecular flexibility index (Phi) is 1.66. The number of rotatable bonds is 1. The lowest BCUT2D eigenvalue weighted by Crippen LogP contribution is -2.40. The Balaban J connectivity index is 1.90. The van der Waals surface area contributed by atoms with Crippen LogP contribution in [-0.4, -0.2) is 28.8 Å². The zero-order valence-corrected chi connectivity index (χ0v) is 6.29. The molecule has 1 N–H and O–H groups in total. The highest BCUT2D eigenvalue weighted by molar-refractivity contribution is 4.87. The zero-order chi connectivity index (χ0) is 6.97. The molecule has 2 rings (SSSR count). The highest BCUT2D eigenvalue weighted by Gasteiger charge is 2.33. The predicted molar refractivity (Wildman–Crippen MR) is 39.6 cm³/mol. The highest BCUT2D eigenvalue weighted by Crippen LogP contribution is 2.31. The molecule has 0 aromatic rings. The van der Waals surface area contributed by atoms with E-state index in [0.29, 0.717) is 0 Å². The van der Waals surface area contributed by atoms with E-state index in [1.807, 2.05) is 0 Å². The summed E-state index contributed by atoms with van der Waals surface area (Å²) in [4.78, 5) is 2.27. The monoisotopic (exact) mass is 141 g/mol. The van der Waals surface area contributed by atoms with Crippen molar-refractivity contribution < 1.29 is 5.11 Å². The second-order valence-electron chi connectivity index (χ2n) is 3.45. The first-order chi connectivity index (χ1) is 4.88. The van der Waals surface area contributed by atoms with Crippen LogP contribution < -0.4 is 0 Å². The lowest BCUT2D eigenvalue weighted by molar-refractivity contribution is -0.0291. The fourth-order valence-corrected chi connectivity index (χ4v) is 1.77. The molecule has 1 saturated carbocycles. The lowest BCUT2D eigenvalue weighted by atomic mass is 10.1. The predicted octanol–water partition coefficient (Wildman–Crippen LogP) is 0.953. The van der Waals surface area contributed by atoms with Gasteiger partial charge in [-0.3, -0.25) is 4.90 Å². The second kappa shape index (κ2) is 2.51. The van der Waals surface area contributed by atoms with Gasteiger partial charge in [0, 0.05) is 12.6 Å². The van der Waals surface area contributed by atoms with Crippen molar-refractivity contribution in [2.24, 2.45) is 0 Å². The van der Waals surface area contributed by atoms with Gasteiger partial charge < -0.3 is 5.11 Å². The van der Waals surface area contributed by atoms with Crippen molar-refractivity contribution in [2.75, 3.05) is 6.54 Å². The number of likely N-dealkylation sites (tertiary alicyclic amines) is 1. The largest absolute Gasteiger partial charge is 0.378 e. The van der Waals surface area contributed by atoms with Crippen LogP contribution in [0.4, 0.5) is 0 Å². The number of hydrogen-bond acceptors (Lipinski definition) is 2. The van der Waals surface area contributed by atoms with Gasteiger partial charge in [0.05, 0.1) is 0 Å². The molecule has 0 amide bonds. The molecular weight excluding hydrogens is 126 g/mol. The minimum Gasteiger partial charge on any atom is -0.378 e. The standard InChI is InChI=1S/C8H15NO/c10-8-3-1-2-6-9(8)7-4-5-7/h7-8,10H,1-6H2. The van der Waals surface area contributed by atoms with E-state index in [9.17, 15) is 5.11 Å². The lowest BCUT2D eigenvalue weighted by Gasteiger charge is -2.31. The molecule has 2 aliphatic rings. The molecule has 0 aromatic heterocycles. The smallest absolute Gasteiger partial charge is 0.107 e. The molecule has 1 aliphatic heterocycles. The van der Waals surface area contributed by atoms with Gasteiger partial charge in [0.1, 0.15) is 6.23 Å². The van der Waals surface area contributed by atoms with E-state index in [-0.39, 0.29) is 6.23 Å². The van der Waals surface area contributed by atoms with Gasteiger partial charge in [-0.15, -0.1) is 0 Å². The second-order valence-corrected chi connectivity index (χ2v) is 3.45. The van der Waals surface area contributed by atoms with Gasteiger partial charge in [-0.05, 0) is 32.1 Å². The van der Waals surface area contributed by atoms with E-state index in [2.05, 4.69) is 4.90 Å². The van der Waals surface area contributed by atoms with Crippen molar-refractivity contribution in [1.82, 2.24) is 4.90 Å². The Bertz CT molecular complexity index is 122. The van der Waals surface area contributed by atoms with Crippen LogP contribution in [0, 0.1) is 0 Å². The van der Waals surface area contributed by atoms with Gasteiger partial charge in [-0.2, -0.15) is 0 Å². The summed E-state index contributed by atoms with van der Waals surface area (Å²) < 4.78 is 0. The van der Waals surface area contributed by atoms with Gasteiger partial charge in [0.25, 0.3) is 0 Å². The average molecular weight is 141 g/mol. The van der Waals surface area contributed by atoms with Crippen molar-refractivity contribution in [3.63, 3.8) is 0 Å². The van der Waals surface area contributed by atoms with Crippen LogP contribution in [0.2, 0.25) is 0 Å². The molecule has 0 bridgehead atoms. The third-order valence-corrected chi connectivity index (χ3v) is 2.53. The van der Waals surface area contributed by atoms with Gasteiger partial charge >= 0.3 is 0 Å². The number of nitrogens with zero attached hydrogens (tertiary/aromatic N) is 1. The first kappa shape index (κ1) is 6.62. The fraction of sp³-hybridized carbons (Fsp3) is 1.00. The molecule has 10 heavy (non-hydrogen) atoms. The van der Waals surface area contributed by atoms with Crippen molar-refractivity contribution >= 4 is 0 Å². The number of hydrogen-bond donors (Lipinski definition) is 1. The first-order valence-corrected chi connectivity index (χ1v) is 4.32. The maximum atomic E-state index is 9.51. The minimum atomic E-state index is -0.110. The van der Waals surface area contributed by atoms with Crippen LogP contribution in [0.5, 0.6) is 0 Å². The third kappa shape index (κ3) is 1.18. The summed E-state index contributed by atoms with van der Waals surface area (Å²) in [6, 6.07) is 0.746. The van der Waals surface area contributed by atoms with E-state index in [1.54, 1.807) is 0 Å². The molecule has 1 aliphatic carbocycles. The van der Waals surface area contributed by atoms with Gasteiger partial charge in [0.15, 0.2) is 0 Å². The summed E-state index contributed by atoms with van der Waals surface area (Å²) in [5.74, 6) is 0. The molecule has 1 unspecified atom stereocenters. The van der Waals surface area contributed by atoms with Crippen LogP contribution in [0.1, 0.15) is 32.1 Å². The van der Waals surface area contributed by atoms with Crippen molar-refractivity contribution in [3.05, 3.63) is 0 Å². The summed E-state index contributed by atoms with van der Waals surface area (Å²) in [6.45, 7) is 1.13.